The molecule has 4 rings (SSSR count). The van der Waals surface area contributed by atoms with Crippen LogP contribution in [0.4, 0.5) is 4.39 Å². The van der Waals surface area contributed by atoms with Crippen LogP contribution in [0.5, 0.6) is 5.75 Å². The third-order valence-corrected chi connectivity index (χ3v) is 6.87. The highest BCUT2D eigenvalue weighted by molar-refractivity contribution is 7.90. The Kier molecular flexibility index (Phi) is 9.26. The number of aryl methyl sites for hydroxylation is 1. The minimum Gasteiger partial charge on any atom is -0.612 e. The Bertz CT molecular complexity index is 1440. The second-order valence-electron chi connectivity index (χ2n) is 8.41. The summed E-state index contributed by atoms with van der Waals surface area (Å²) in [5.74, 6) is -0.754. The Balaban J connectivity index is 0.00000400. The van der Waals surface area contributed by atoms with E-state index in [9.17, 15) is 23.9 Å². The lowest BCUT2D eigenvalue weighted by Crippen LogP contribution is -2.11. The molecule has 0 spiro atoms. The third-order valence-electron chi connectivity index (χ3n) is 5.93. The van der Waals surface area contributed by atoms with E-state index in [4.69, 9.17) is 4.74 Å². The Morgan fingerprint density at radius 2 is 1.82 bits per heavy atom. The Morgan fingerprint density at radius 1 is 1.11 bits per heavy atom. The zero-order chi connectivity index (χ0) is 26.7. The molecule has 0 amide bonds. The van der Waals surface area contributed by atoms with Gasteiger partial charge in [0, 0.05) is 0 Å². The molecule has 0 saturated carbocycles. The van der Waals surface area contributed by atoms with Gasteiger partial charge >= 0.3 is 5.97 Å². The van der Waals surface area contributed by atoms with E-state index in [0.717, 1.165) is 27.2 Å². The minimum absolute atomic E-state index is 0. The number of carbonyl (C=O) groups excluding carboxylic acids is 1. The molecule has 0 bridgehead atoms. The largest absolute Gasteiger partial charge is 0.612 e. The fourth-order valence-corrected chi connectivity index (χ4v) is 4.63. The van der Waals surface area contributed by atoms with Gasteiger partial charge in [-0.2, -0.15) is 0 Å². The van der Waals surface area contributed by atoms with Crippen molar-refractivity contribution in [3.05, 3.63) is 104 Å². The molecule has 1 aliphatic carbocycles. The van der Waals surface area contributed by atoms with Gasteiger partial charge in [0.2, 0.25) is 0 Å². The quantitative estimate of drug-likeness (QED) is 0.150. The van der Waals surface area contributed by atoms with Gasteiger partial charge in [-0.15, -0.1) is 22.5 Å². The van der Waals surface area contributed by atoms with Crippen molar-refractivity contribution in [3.63, 3.8) is 0 Å². The first-order chi connectivity index (χ1) is 17.6. The SMILES string of the molecule is CC1=C(CC(=O)Oc2ccc(CO[N+](=O)[O-])nc2C)c2cc(F)ccc2/C1=C\c1ccc([S+](C)[O-])cc1.Cl. The summed E-state index contributed by atoms with van der Waals surface area (Å²) in [4.78, 5) is 32.5. The second-order valence-corrected chi connectivity index (χ2v) is 9.79. The van der Waals surface area contributed by atoms with Crippen molar-refractivity contribution in [2.75, 3.05) is 6.26 Å². The van der Waals surface area contributed by atoms with Gasteiger partial charge in [-0.3, -0.25) is 9.78 Å². The van der Waals surface area contributed by atoms with Gasteiger partial charge in [-0.1, -0.05) is 6.07 Å². The van der Waals surface area contributed by atoms with Gasteiger partial charge in [0.1, 0.15) is 18.7 Å². The van der Waals surface area contributed by atoms with Crippen LogP contribution in [0.1, 0.15) is 41.4 Å². The number of aromatic nitrogens is 1. The first-order valence-electron chi connectivity index (χ1n) is 11.2. The van der Waals surface area contributed by atoms with Gasteiger partial charge in [0.25, 0.3) is 5.09 Å². The highest BCUT2D eigenvalue weighted by Gasteiger charge is 2.26. The zero-order valence-corrected chi connectivity index (χ0v) is 22.4. The van der Waals surface area contributed by atoms with Crippen molar-refractivity contribution >= 4 is 46.8 Å². The number of carbonyl (C=O) groups is 1. The summed E-state index contributed by atoms with van der Waals surface area (Å²) < 4.78 is 31.4. The monoisotopic (exact) mass is 558 g/mol. The summed E-state index contributed by atoms with van der Waals surface area (Å²) in [6.07, 6.45) is 3.47. The predicted molar refractivity (Wildman–Crippen MR) is 144 cm³/mol. The molecule has 1 aliphatic rings. The van der Waals surface area contributed by atoms with Crippen LogP contribution in [0, 0.1) is 22.9 Å². The molecule has 8 nitrogen and oxygen atoms in total. The molecular weight excluding hydrogens is 535 g/mol. The van der Waals surface area contributed by atoms with Crippen molar-refractivity contribution in [3.8, 4) is 5.75 Å². The van der Waals surface area contributed by atoms with E-state index in [0.29, 0.717) is 22.5 Å². The Hall–Kier alpha value is -3.73. The summed E-state index contributed by atoms with van der Waals surface area (Å²) in [6, 6.07) is 14.8. The molecule has 0 fully saturated rings. The zero-order valence-electron chi connectivity index (χ0n) is 20.7. The van der Waals surface area contributed by atoms with Crippen LogP contribution in [0.25, 0.3) is 17.2 Å². The molecule has 38 heavy (non-hydrogen) atoms. The smallest absolute Gasteiger partial charge is 0.315 e. The molecular formula is C27H24ClFN2O6S. The number of rotatable bonds is 8. The second kappa shape index (κ2) is 12.2. The van der Waals surface area contributed by atoms with E-state index in [1.165, 1.54) is 24.3 Å². The molecule has 1 unspecified atom stereocenters. The normalized spacial score (nSPS) is 14.1. The number of hydrogen-bond acceptors (Lipinski definition) is 7. The first-order valence-corrected chi connectivity index (χ1v) is 12.8. The lowest BCUT2D eigenvalue weighted by atomic mass is 10.0. The number of benzene rings is 2. The number of allylic oxidation sites excluding steroid dienone is 2. The van der Waals surface area contributed by atoms with E-state index in [2.05, 4.69) is 9.82 Å². The van der Waals surface area contributed by atoms with Crippen LogP contribution >= 0.6 is 12.4 Å². The third kappa shape index (κ3) is 6.58. The molecule has 3 aromatic rings. The van der Waals surface area contributed by atoms with E-state index < -0.39 is 28.0 Å². The maximum absolute atomic E-state index is 14.2. The van der Waals surface area contributed by atoms with Crippen molar-refractivity contribution < 1.29 is 28.4 Å². The number of fused-ring (bicyclic) bond motifs is 1. The average molecular weight is 559 g/mol. The highest BCUT2D eigenvalue weighted by atomic mass is 35.5. The molecule has 1 aromatic heterocycles. The van der Waals surface area contributed by atoms with E-state index in [1.54, 1.807) is 31.4 Å². The van der Waals surface area contributed by atoms with Crippen LogP contribution in [0.2, 0.25) is 0 Å². The van der Waals surface area contributed by atoms with Gasteiger partial charge < -0.3 is 14.1 Å². The molecule has 11 heteroatoms. The van der Waals surface area contributed by atoms with E-state index in [-0.39, 0.29) is 31.2 Å². The molecule has 0 radical (unpaired) electrons. The van der Waals surface area contributed by atoms with Crippen molar-refractivity contribution in [1.29, 1.82) is 0 Å². The number of ether oxygens (including phenoxy) is 1. The summed E-state index contributed by atoms with van der Waals surface area (Å²) in [5, 5.41) is 9.47. The average Bonchev–Trinajstić information content (AvgIpc) is 3.09. The fourth-order valence-electron chi connectivity index (χ4n) is 4.11. The van der Waals surface area contributed by atoms with E-state index in [1.807, 2.05) is 25.1 Å². The van der Waals surface area contributed by atoms with Crippen LogP contribution in [0.3, 0.4) is 0 Å². The lowest BCUT2D eigenvalue weighted by Gasteiger charge is -2.10. The Morgan fingerprint density at radius 3 is 2.45 bits per heavy atom. The number of pyridine rings is 1. The topological polar surface area (TPSA) is 115 Å². The highest BCUT2D eigenvalue weighted by Crippen LogP contribution is 2.44. The number of hydrogen-bond donors (Lipinski definition) is 0. The maximum Gasteiger partial charge on any atom is 0.315 e. The van der Waals surface area contributed by atoms with Crippen molar-refractivity contribution in [2.24, 2.45) is 0 Å². The van der Waals surface area contributed by atoms with Gasteiger partial charge in [0.05, 0.1) is 17.8 Å². The summed E-state index contributed by atoms with van der Waals surface area (Å²) >= 11 is -1.08. The Labute approximate surface area is 227 Å². The number of nitrogens with zero attached hydrogens (tertiary/aromatic N) is 2. The minimum atomic E-state index is -1.08. The molecule has 0 aliphatic heterocycles. The van der Waals surface area contributed by atoms with Crippen LogP contribution < -0.4 is 4.74 Å². The standard InChI is InChI=1S/C27H23FN2O6S.ClH/c1-16-23(12-18-4-8-21(9-5-18)37(3)34)22-10-6-19(28)13-25(22)24(16)14-27(31)36-26-11-7-20(29-17(26)2)15-35-30(32)33;/h4-13H,14-15H2,1-3H3;1H/b23-12-;. The predicted octanol–water partition coefficient (Wildman–Crippen LogP) is 5.72. The number of esters is 1. The molecule has 1 atom stereocenters. The lowest BCUT2D eigenvalue weighted by molar-refractivity contribution is -0.763. The summed E-state index contributed by atoms with van der Waals surface area (Å²) in [6.45, 7) is 3.17. The maximum atomic E-state index is 14.2. The fraction of sp³-hybridized carbons (Fsp3) is 0.185. The summed E-state index contributed by atoms with van der Waals surface area (Å²) in [5.41, 5.74) is 5.33. The molecule has 0 saturated heterocycles. The van der Waals surface area contributed by atoms with Crippen molar-refractivity contribution in [1.82, 2.24) is 4.98 Å². The molecule has 2 aromatic carbocycles. The number of halogens is 2. The van der Waals surface area contributed by atoms with Gasteiger partial charge in [0.15, 0.2) is 10.6 Å². The van der Waals surface area contributed by atoms with Crippen LogP contribution in [0.15, 0.2) is 65.1 Å². The van der Waals surface area contributed by atoms with Gasteiger partial charge in [-0.05, 0) is 113 Å². The molecule has 0 N–H and O–H groups in total. The summed E-state index contributed by atoms with van der Waals surface area (Å²) in [7, 11) is 0. The first kappa shape index (κ1) is 28.8. The van der Waals surface area contributed by atoms with Crippen molar-refractivity contribution in [2.45, 2.75) is 31.8 Å². The van der Waals surface area contributed by atoms with Gasteiger partial charge in [-0.25, -0.2) is 4.39 Å². The molecule has 198 valence electrons. The van der Waals surface area contributed by atoms with Crippen LogP contribution in [-0.2, 0) is 27.4 Å². The molecule has 1 heterocycles. The van der Waals surface area contributed by atoms with Crippen LogP contribution in [-0.4, -0.2) is 26.8 Å². The van der Waals surface area contributed by atoms with E-state index >= 15 is 0 Å².